The number of rotatable bonds is 4. The number of carbonyl (C=O) groups is 1. The maximum absolute atomic E-state index is 11.8. The van der Waals surface area contributed by atoms with Gasteiger partial charge in [-0.15, -0.1) is 10.2 Å². The second-order valence-corrected chi connectivity index (χ2v) is 5.43. The molecule has 0 aromatic carbocycles. The highest BCUT2D eigenvalue weighted by molar-refractivity contribution is 5.92. The van der Waals surface area contributed by atoms with Crippen LogP contribution in [0, 0.1) is 5.92 Å². The molecule has 1 amide bonds. The maximum Gasteiger partial charge on any atom is 0.271 e. The molecule has 2 heterocycles. The summed E-state index contributed by atoms with van der Waals surface area (Å²) in [5, 5.41) is 11.0. The summed E-state index contributed by atoms with van der Waals surface area (Å²) in [7, 11) is 0. The first-order valence-corrected chi connectivity index (χ1v) is 7.03. The molecule has 1 aromatic rings. The number of anilines is 1. The molecular weight excluding hydrogens is 240 g/mol. The SMILES string of the molecule is CC(C)CNC(=O)c1ccc(N2CCCCC2)nn1. The van der Waals surface area contributed by atoms with E-state index in [2.05, 4.69) is 34.3 Å². The fraction of sp³-hybridized carbons (Fsp3) is 0.643. The van der Waals surface area contributed by atoms with Crippen molar-refractivity contribution in [3.63, 3.8) is 0 Å². The summed E-state index contributed by atoms with van der Waals surface area (Å²) in [6.45, 7) is 6.85. The molecule has 0 unspecified atom stereocenters. The minimum atomic E-state index is -0.147. The summed E-state index contributed by atoms with van der Waals surface area (Å²) in [6, 6.07) is 3.65. The molecule has 2 rings (SSSR count). The van der Waals surface area contributed by atoms with E-state index in [1.165, 1.54) is 19.3 Å². The summed E-state index contributed by atoms with van der Waals surface area (Å²) in [4.78, 5) is 14.0. The van der Waals surface area contributed by atoms with Crippen molar-refractivity contribution in [3.05, 3.63) is 17.8 Å². The zero-order chi connectivity index (χ0) is 13.7. The highest BCUT2D eigenvalue weighted by Gasteiger charge is 2.14. The van der Waals surface area contributed by atoms with Gasteiger partial charge in [-0.05, 0) is 37.3 Å². The van der Waals surface area contributed by atoms with Crippen molar-refractivity contribution in [3.8, 4) is 0 Å². The van der Waals surface area contributed by atoms with Crippen LogP contribution in [0.3, 0.4) is 0 Å². The zero-order valence-electron chi connectivity index (χ0n) is 11.7. The van der Waals surface area contributed by atoms with Gasteiger partial charge in [0, 0.05) is 19.6 Å². The summed E-state index contributed by atoms with van der Waals surface area (Å²) in [5.41, 5.74) is 0.390. The molecule has 0 aliphatic carbocycles. The molecule has 5 nitrogen and oxygen atoms in total. The van der Waals surface area contributed by atoms with E-state index in [0.717, 1.165) is 18.9 Å². The van der Waals surface area contributed by atoms with Gasteiger partial charge in [-0.3, -0.25) is 4.79 Å². The Balaban J connectivity index is 1.95. The van der Waals surface area contributed by atoms with Crippen LogP contribution >= 0.6 is 0 Å². The molecule has 1 aromatic heterocycles. The van der Waals surface area contributed by atoms with Crippen LogP contribution in [-0.4, -0.2) is 35.7 Å². The fourth-order valence-corrected chi connectivity index (χ4v) is 2.13. The number of nitrogens with zero attached hydrogens (tertiary/aromatic N) is 3. The van der Waals surface area contributed by atoms with Crippen molar-refractivity contribution in [1.29, 1.82) is 0 Å². The summed E-state index contributed by atoms with van der Waals surface area (Å²) < 4.78 is 0. The Morgan fingerprint density at radius 1 is 1.26 bits per heavy atom. The van der Waals surface area contributed by atoms with Crippen molar-refractivity contribution in [2.24, 2.45) is 5.92 Å². The maximum atomic E-state index is 11.8. The van der Waals surface area contributed by atoms with Crippen LogP contribution in [0.25, 0.3) is 0 Å². The van der Waals surface area contributed by atoms with Crippen LogP contribution in [0.4, 0.5) is 5.82 Å². The van der Waals surface area contributed by atoms with Crippen molar-refractivity contribution >= 4 is 11.7 Å². The Morgan fingerprint density at radius 3 is 2.58 bits per heavy atom. The minimum Gasteiger partial charge on any atom is -0.355 e. The molecule has 0 bridgehead atoms. The zero-order valence-corrected chi connectivity index (χ0v) is 11.7. The van der Waals surface area contributed by atoms with Crippen LogP contribution in [0.2, 0.25) is 0 Å². The lowest BCUT2D eigenvalue weighted by Crippen LogP contribution is -2.31. The predicted molar refractivity (Wildman–Crippen MR) is 75.3 cm³/mol. The van der Waals surface area contributed by atoms with E-state index in [0.29, 0.717) is 18.2 Å². The number of nitrogens with one attached hydrogen (secondary N) is 1. The van der Waals surface area contributed by atoms with Crippen LogP contribution < -0.4 is 10.2 Å². The number of carbonyl (C=O) groups excluding carboxylic acids is 1. The number of aromatic nitrogens is 2. The van der Waals surface area contributed by atoms with Gasteiger partial charge in [-0.1, -0.05) is 13.8 Å². The molecular formula is C14H22N4O. The summed E-state index contributed by atoms with van der Waals surface area (Å²) in [6.07, 6.45) is 3.70. The van der Waals surface area contributed by atoms with Gasteiger partial charge in [0.1, 0.15) is 0 Å². The van der Waals surface area contributed by atoms with Crippen LogP contribution in [0.15, 0.2) is 12.1 Å². The number of hydrogen-bond donors (Lipinski definition) is 1. The quantitative estimate of drug-likeness (QED) is 0.899. The van der Waals surface area contributed by atoms with Gasteiger partial charge in [0.25, 0.3) is 5.91 Å². The lowest BCUT2D eigenvalue weighted by Gasteiger charge is -2.27. The third kappa shape index (κ3) is 3.91. The van der Waals surface area contributed by atoms with E-state index in [4.69, 9.17) is 0 Å². The molecule has 1 aliphatic rings. The normalized spacial score (nSPS) is 15.6. The molecule has 1 saturated heterocycles. The topological polar surface area (TPSA) is 58.1 Å². The average molecular weight is 262 g/mol. The van der Waals surface area contributed by atoms with Gasteiger partial charge in [0.2, 0.25) is 0 Å². The van der Waals surface area contributed by atoms with E-state index < -0.39 is 0 Å². The molecule has 104 valence electrons. The monoisotopic (exact) mass is 262 g/mol. The van der Waals surface area contributed by atoms with Crippen LogP contribution in [-0.2, 0) is 0 Å². The third-order valence-electron chi connectivity index (χ3n) is 3.23. The van der Waals surface area contributed by atoms with Gasteiger partial charge in [-0.25, -0.2) is 0 Å². The third-order valence-corrected chi connectivity index (χ3v) is 3.23. The predicted octanol–water partition coefficient (Wildman–Crippen LogP) is 1.85. The van der Waals surface area contributed by atoms with Crippen molar-refractivity contribution in [2.45, 2.75) is 33.1 Å². The largest absolute Gasteiger partial charge is 0.355 e. The molecule has 0 saturated carbocycles. The van der Waals surface area contributed by atoms with Crippen molar-refractivity contribution < 1.29 is 4.79 Å². The molecule has 0 spiro atoms. The number of amides is 1. The Kier molecular flexibility index (Phi) is 4.71. The van der Waals surface area contributed by atoms with E-state index in [1.54, 1.807) is 6.07 Å². The van der Waals surface area contributed by atoms with Crippen molar-refractivity contribution in [1.82, 2.24) is 15.5 Å². The lowest BCUT2D eigenvalue weighted by atomic mass is 10.1. The minimum absolute atomic E-state index is 0.147. The molecule has 1 N–H and O–H groups in total. The van der Waals surface area contributed by atoms with Gasteiger partial charge in [0.15, 0.2) is 11.5 Å². The molecule has 1 aliphatic heterocycles. The Hall–Kier alpha value is -1.65. The van der Waals surface area contributed by atoms with Gasteiger partial charge in [-0.2, -0.15) is 0 Å². The Morgan fingerprint density at radius 2 is 2.00 bits per heavy atom. The molecule has 0 atom stereocenters. The standard InChI is InChI=1S/C14H22N4O/c1-11(2)10-15-14(19)12-6-7-13(17-16-12)18-8-4-3-5-9-18/h6-7,11H,3-5,8-10H2,1-2H3,(H,15,19). The lowest BCUT2D eigenvalue weighted by molar-refractivity contribution is 0.0943. The van der Waals surface area contributed by atoms with Gasteiger partial charge >= 0.3 is 0 Å². The van der Waals surface area contributed by atoms with Gasteiger partial charge in [0.05, 0.1) is 0 Å². The second-order valence-electron chi connectivity index (χ2n) is 5.43. The highest BCUT2D eigenvalue weighted by Crippen LogP contribution is 2.16. The Labute approximate surface area is 114 Å². The van der Waals surface area contributed by atoms with E-state index in [-0.39, 0.29) is 5.91 Å². The molecule has 1 fully saturated rings. The number of hydrogen-bond acceptors (Lipinski definition) is 4. The average Bonchev–Trinajstić information content (AvgIpc) is 2.46. The van der Waals surface area contributed by atoms with E-state index in [9.17, 15) is 4.79 Å². The van der Waals surface area contributed by atoms with Crippen LogP contribution in [0.5, 0.6) is 0 Å². The van der Waals surface area contributed by atoms with E-state index >= 15 is 0 Å². The second kappa shape index (κ2) is 6.50. The first-order chi connectivity index (χ1) is 9.16. The fourth-order valence-electron chi connectivity index (χ4n) is 2.13. The first-order valence-electron chi connectivity index (χ1n) is 7.03. The van der Waals surface area contributed by atoms with E-state index in [1.807, 2.05) is 6.07 Å². The van der Waals surface area contributed by atoms with Gasteiger partial charge < -0.3 is 10.2 Å². The highest BCUT2D eigenvalue weighted by atomic mass is 16.1. The first kappa shape index (κ1) is 13.8. The molecule has 5 heteroatoms. The summed E-state index contributed by atoms with van der Waals surface area (Å²) >= 11 is 0. The number of piperidine rings is 1. The molecule has 0 radical (unpaired) electrons. The Bertz CT molecular complexity index is 410. The van der Waals surface area contributed by atoms with Crippen molar-refractivity contribution in [2.75, 3.05) is 24.5 Å². The summed E-state index contributed by atoms with van der Waals surface area (Å²) in [5.74, 6) is 1.16. The van der Waals surface area contributed by atoms with Crippen LogP contribution in [0.1, 0.15) is 43.6 Å². The molecule has 19 heavy (non-hydrogen) atoms. The smallest absolute Gasteiger partial charge is 0.271 e.